The minimum absolute atomic E-state index is 0.0236. The SMILES string of the molecule is COCc1ccc(S(=O)(=O)NC(C)C(=O)O)cc1. The van der Waals surface area contributed by atoms with Crippen LogP contribution in [0, 0.1) is 0 Å². The van der Waals surface area contributed by atoms with Gasteiger partial charge in [-0.2, -0.15) is 4.72 Å². The van der Waals surface area contributed by atoms with E-state index in [2.05, 4.69) is 4.72 Å². The summed E-state index contributed by atoms with van der Waals surface area (Å²) in [6, 6.07) is 4.87. The van der Waals surface area contributed by atoms with Crippen molar-refractivity contribution in [2.75, 3.05) is 7.11 Å². The summed E-state index contributed by atoms with van der Waals surface area (Å²) in [5, 5.41) is 8.66. The van der Waals surface area contributed by atoms with Crippen LogP contribution in [-0.2, 0) is 26.2 Å². The molecule has 0 spiro atoms. The van der Waals surface area contributed by atoms with Gasteiger partial charge in [-0.3, -0.25) is 4.79 Å². The van der Waals surface area contributed by atoms with Gasteiger partial charge in [-0.05, 0) is 24.6 Å². The number of benzene rings is 1. The number of hydrogen-bond acceptors (Lipinski definition) is 4. The molecule has 1 aromatic carbocycles. The number of hydrogen-bond donors (Lipinski definition) is 2. The van der Waals surface area contributed by atoms with Crippen molar-refractivity contribution in [3.05, 3.63) is 29.8 Å². The molecule has 1 rings (SSSR count). The third kappa shape index (κ3) is 3.80. The maximum absolute atomic E-state index is 11.8. The van der Waals surface area contributed by atoms with Crippen molar-refractivity contribution >= 4 is 16.0 Å². The monoisotopic (exact) mass is 273 g/mol. The van der Waals surface area contributed by atoms with E-state index in [1.807, 2.05) is 0 Å². The molecule has 2 N–H and O–H groups in total. The second-order valence-corrected chi connectivity index (χ2v) is 5.47. The highest BCUT2D eigenvalue weighted by atomic mass is 32.2. The molecule has 0 aromatic heterocycles. The van der Waals surface area contributed by atoms with E-state index in [9.17, 15) is 13.2 Å². The topological polar surface area (TPSA) is 92.7 Å². The second kappa shape index (κ2) is 5.94. The molecule has 18 heavy (non-hydrogen) atoms. The predicted molar refractivity (Wildman–Crippen MR) is 64.6 cm³/mol. The number of carbonyl (C=O) groups is 1. The third-order valence-corrected chi connectivity index (χ3v) is 3.80. The van der Waals surface area contributed by atoms with Crippen molar-refractivity contribution in [2.24, 2.45) is 0 Å². The zero-order chi connectivity index (χ0) is 13.8. The molecule has 0 saturated carbocycles. The first kappa shape index (κ1) is 14.6. The lowest BCUT2D eigenvalue weighted by molar-refractivity contribution is -0.138. The van der Waals surface area contributed by atoms with Crippen LogP contribution in [-0.4, -0.2) is 32.6 Å². The van der Waals surface area contributed by atoms with E-state index in [0.29, 0.717) is 6.61 Å². The Morgan fingerprint density at radius 2 is 1.94 bits per heavy atom. The maximum Gasteiger partial charge on any atom is 0.321 e. The molecule has 0 aliphatic carbocycles. The number of nitrogens with one attached hydrogen (secondary N) is 1. The van der Waals surface area contributed by atoms with Gasteiger partial charge >= 0.3 is 5.97 Å². The summed E-state index contributed by atoms with van der Waals surface area (Å²) in [7, 11) is -2.27. The van der Waals surface area contributed by atoms with E-state index in [4.69, 9.17) is 9.84 Å². The van der Waals surface area contributed by atoms with Gasteiger partial charge in [0.25, 0.3) is 0 Å². The molecule has 0 saturated heterocycles. The van der Waals surface area contributed by atoms with Crippen LogP contribution in [0.2, 0.25) is 0 Å². The first-order valence-corrected chi connectivity index (χ1v) is 6.68. The fraction of sp³-hybridized carbons (Fsp3) is 0.364. The normalized spacial score (nSPS) is 13.2. The summed E-state index contributed by atoms with van der Waals surface area (Å²) in [5.74, 6) is -1.23. The zero-order valence-electron chi connectivity index (χ0n) is 10.1. The Morgan fingerprint density at radius 3 is 2.39 bits per heavy atom. The summed E-state index contributed by atoms with van der Waals surface area (Å²) < 4.78 is 30.6. The highest BCUT2D eigenvalue weighted by molar-refractivity contribution is 7.89. The average Bonchev–Trinajstić information content (AvgIpc) is 2.29. The minimum atomic E-state index is -3.81. The molecule has 0 amide bonds. The van der Waals surface area contributed by atoms with Gasteiger partial charge in [-0.25, -0.2) is 8.42 Å². The first-order valence-electron chi connectivity index (χ1n) is 5.20. The molecule has 0 heterocycles. The van der Waals surface area contributed by atoms with Gasteiger partial charge in [0, 0.05) is 7.11 Å². The molecule has 0 aliphatic heterocycles. The molecular formula is C11H15NO5S. The van der Waals surface area contributed by atoms with Crippen molar-refractivity contribution in [1.82, 2.24) is 4.72 Å². The smallest absolute Gasteiger partial charge is 0.321 e. The minimum Gasteiger partial charge on any atom is -0.480 e. The first-order chi connectivity index (χ1) is 8.36. The van der Waals surface area contributed by atoms with Crippen LogP contribution in [0.4, 0.5) is 0 Å². The van der Waals surface area contributed by atoms with E-state index in [1.165, 1.54) is 19.1 Å². The van der Waals surface area contributed by atoms with E-state index < -0.39 is 22.0 Å². The van der Waals surface area contributed by atoms with Gasteiger partial charge in [0.15, 0.2) is 0 Å². The van der Waals surface area contributed by atoms with Gasteiger partial charge in [0.1, 0.15) is 6.04 Å². The highest BCUT2D eigenvalue weighted by Gasteiger charge is 2.21. The summed E-state index contributed by atoms with van der Waals surface area (Å²) >= 11 is 0. The predicted octanol–water partition coefficient (Wildman–Crippen LogP) is 0.584. The summed E-state index contributed by atoms with van der Waals surface area (Å²) in [5.41, 5.74) is 0.836. The Kier molecular flexibility index (Phi) is 4.83. The fourth-order valence-electron chi connectivity index (χ4n) is 1.28. The molecule has 1 unspecified atom stereocenters. The van der Waals surface area contributed by atoms with E-state index in [-0.39, 0.29) is 4.90 Å². The van der Waals surface area contributed by atoms with Crippen molar-refractivity contribution in [3.8, 4) is 0 Å². The number of aliphatic carboxylic acids is 1. The molecule has 1 atom stereocenters. The number of carboxylic acids is 1. The Bertz CT molecular complexity index is 509. The summed E-state index contributed by atoms with van der Waals surface area (Å²) in [4.78, 5) is 10.6. The fourth-order valence-corrected chi connectivity index (χ4v) is 2.48. The molecular weight excluding hydrogens is 258 g/mol. The Morgan fingerprint density at radius 1 is 1.39 bits per heavy atom. The number of methoxy groups -OCH3 is 1. The number of carboxylic acid groups (broad SMARTS) is 1. The van der Waals surface area contributed by atoms with Crippen LogP contribution in [0.25, 0.3) is 0 Å². The average molecular weight is 273 g/mol. The Labute approximate surface area is 106 Å². The van der Waals surface area contributed by atoms with E-state index in [1.54, 1.807) is 19.2 Å². The molecule has 0 radical (unpaired) electrons. The molecule has 1 aromatic rings. The van der Waals surface area contributed by atoms with Crippen LogP contribution >= 0.6 is 0 Å². The summed E-state index contributed by atoms with van der Waals surface area (Å²) in [6.45, 7) is 1.65. The molecule has 0 fully saturated rings. The molecule has 0 bridgehead atoms. The highest BCUT2D eigenvalue weighted by Crippen LogP contribution is 2.11. The third-order valence-electron chi connectivity index (χ3n) is 2.25. The van der Waals surface area contributed by atoms with Gasteiger partial charge < -0.3 is 9.84 Å². The van der Waals surface area contributed by atoms with Gasteiger partial charge in [-0.15, -0.1) is 0 Å². The zero-order valence-corrected chi connectivity index (χ0v) is 10.9. The van der Waals surface area contributed by atoms with Gasteiger partial charge in [0.2, 0.25) is 10.0 Å². The van der Waals surface area contributed by atoms with Crippen LogP contribution in [0.3, 0.4) is 0 Å². The standard InChI is InChI=1S/C11H15NO5S/c1-8(11(13)14)12-18(15,16)10-5-3-9(4-6-10)7-17-2/h3-6,8,12H,7H2,1-2H3,(H,13,14). The van der Waals surface area contributed by atoms with Crippen LogP contribution in [0.15, 0.2) is 29.2 Å². The van der Waals surface area contributed by atoms with Gasteiger partial charge in [-0.1, -0.05) is 12.1 Å². The van der Waals surface area contributed by atoms with Crippen LogP contribution < -0.4 is 4.72 Å². The van der Waals surface area contributed by atoms with E-state index in [0.717, 1.165) is 5.56 Å². The summed E-state index contributed by atoms with van der Waals surface area (Å²) in [6.07, 6.45) is 0. The lowest BCUT2D eigenvalue weighted by Gasteiger charge is -2.10. The molecule has 0 aliphatic rings. The molecule has 7 heteroatoms. The second-order valence-electron chi connectivity index (χ2n) is 3.76. The molecule has 100 valence electrons. The Hall–Kier alpha value is -1.44. The van der Waals surface area contributed by atoms with Crippen molar-refractivity contribution in [2.45, 2.75) is 24.5 Å². The number of sulfonamides is 1. The van der Waals surface area contributed by atoms with Crippen LogP contribution in [0.5, 0.6) is 0 Å². The van der Waals surface area contributed by atoms with Gasteiger partial charge in [0.05, 0.1) is 11.5 Å². The lowest BCUT2D eigenvalue weighted by atomic mass is 10.2. The lowest BCUT2D eigenvalue weighted by Crippen LogP contribution is -2.38. The van der Waals surface area contributed by atoms with Crippen LogP contribution in [0.1, 0.15) is 12.5 Å². The van der Waals surface area contributed by atoms with Crippen molar-refractivity contribution in [3.63, 3.8) is 0 Å². The number of rotatable bonds is 6. The van der Waals surface area contributed by atoms with Crippen molar-refractivity contribution < 1.29 is 23.1 Å². The molecule has 6 nitrogen and oxygen atoms in total. The van der Waals surface area contributed by atoms with Crippen molar-refractivity contribution in [1.29, 1.82) is 0 Å². The van der Waals surface area contributed by atoms with E-state index >= 15 is 0 Å². The quantitative estimate of drug-likeness (QED) is 0.791. The maximum atomic E-state index is 11.8. The largest absolute Gasteiger partial charge is 0.480 e. The number of ether oxygens (including phenoxy) is 1. The Balaban J connectivity index is 2.88.